The van der Waals surface area contributed by atoms with E-state index < -0.39 is 12.3 Å². The molecule has 86 heavy (non-hydrogen) atoms. The summed E-state index contributed by atoms with van der Waals surface area (Å²) >= 11 is 0. The van der Waals surface area contributed by atoms with Gasteiger partial charge < -0.3 is 38.8 Å². The van der Waals surface area contributed by atoms with Gasteiger partial charge in [0, 0.05) is 58.5 Å². The zero-order valence-electron chi connectivity index (χ0n) is 57.4. The van der Waals surface area contributed by atoms with Crippen molar-refractivity contribution in [2.75, 3.05) is 65.8 Å². The van der Waals surface area contributed by atoms with Gasteiger partial charge in [0.25, 0.3) is 0 Å². The highest BCUT2D eigenvalue weighted by Gasteiger charge is 2.29. The SMILES string of the molecule is CC/C=C\CCCCOC(CCC(=O)OCCCN(C(=O)CCN(CC)CC)C(CCCCCCCCC(=O)OCC(CCCC)CCCCCC)C(=O)NCCCCCCCC(=O)OCC(CCCC)CCCCCC)OCCCC/C=C\CC. The van der Waals surface area contributed by atoms with Gasteiger partial charge in [0.05, 0.1) is 26.2 Å². The molecular weight excluding hydrogens is 1080 g/mol. The molecule has 0 rings (SSSR count). The third-order valence-electron chi connectivity index (χ3n) is 16.7. The van der Waals surface area contributed by atoms with E-state index in [4.69, 9.17) is 23.7 Å². The summed E-state index contributed by atoms with van der Waals surface area (Å²) < 4.78 is 29.7. The van der Waals surface area contributed by atoms with Crippen molar-refractivity contribution in [1.82, 2.24) is 15.1 Å². The van der Waals surface area contributed by atoms with E-state index >= 15 is 0 Å². The van der Waals surface area contributed by atoms with Gasteiger partial charge in [-0.15, -0.1) is 0 Å². The van der Waals surface area contributed by atoms with Gasteiger partial charge in [-0.05, 0) is 134 Å². The summed E-state index contributed by atoms with van der Waals surface area (Å²) in [7, 11) is 0. The summed E-state index contributed by atoms with van der Waals surface area (Å²) in [5.41, 5.74) is 0. The number of carbonyl (C=O) groups excluding carboxylic acids is 5. The number of rotatable bonds is 65. The fraction of sp³-hybridized carbons (Fsp3) is 0.877. The maximum absolute atomic E-state index is 14.4. The number of allylic oxidation sites excluding steroid dienone is 4. The topological polar surface area (TPSA) is 150 Å². The molecule has 0 aromatic rings. The number of hydrogen-bond acceptors (Lipinski definition) is 11. The number of hydrogen-bond donors (Lipinski definition) is 1. The van der Waals surface area contributed by atoms with Crippen LogP contribution in [-0.2, 0) is 47.7 Å². The van der Waals surface area contributed by atoms with Crippen molar-refractivity contribution < 1.29 is 47.7 Å². The van der Waals surface area contributed by atoms with E-state index in [-0.39, 0.29) is 42.7 Å². The number of nitrogens with zero attached hydrogens (tertiary/aromatic N) is 2. The lowest BCUT2D eigenvalue weighted by Crippen LogP contribution is -2.51. The summed E-state index contributed by atoms with van der Waals surface area (Å²) in [5, 5.41) is 3.22. The molecule has 0 aromatic heterocycles. The quantitative estimate of drug-likeness (QED) is 0.0204. The molecule has 3 atom stereocenters. The third-order valence-corrected chi connectivity index (χ3v) is 16.7. The molecule has 0 aromatic carbocycles. The van der Waals surface area contributed by atoms with Crippen LogP contribution < -0.4 is 5.32 Å². The molecule has 0 fully saturated rings. The Hall–Kier alpha value is -3.29. The standard InChI is InChI=1S/C73H137N3O10/c1-9-17-23-27-36-44-60-83-72(84-61-45-37-28-24-18-10-2)55-54-71(80)82-62-46-58-76(68(77)56-59-75(15-7)16-8)67(51-40-32-29-30-33-41-52-69(78)85-63-65(47-21-13-5)49-38-25-19-11-3)73(81)74-57-43-35-31-34-42-53-70(79)86-64-66(48-22-14-6)50-39-26-20-12-4/h17-18,23-24,65-67,72H,9-16,19-22,25-64H2,1-8H3,(H,74,81)/b23-17-,24-18-. The van der Waals surface area contributed by atoms with Gasteiger partial charge in [0.1, 0.15) is 6.04 Å². The van der Waals surface area contributed by atoms with Crippen molar-refractivity contribution in [3.05, 3.63) is 24.3 Å². The fourth-order valence-electron chi connectivity index (χ4n) is 11.0. The lowest BCUT2D eigenvalue weighted by atomic mass is 9.96. The predicted molar refractivity (Wildman–Crippen MR) is 358 cm³/mol. The van der Waals surface area contributed by atoms with Crippen LogP contribution in [0.3, 0.4) is 0 Å². The van der Waals surface area contributed by atoms with Crippen molar-refractivity contribution in [2.45, 2.75) is 337 Å². The molecule has 0 aliphatic carbocycles. The van der Waals surface area contributed by atoms with Gasteiger partial charge in [-0.3, -0.25) is 24.0 Å². The van der Waals surface area contributed by atoms with Gasteiger partial charge in [-0.1, -0.05) is 208 Å². The van der Waals surface area contributed by atoms with Crippen molar-refractivity contribution in [3.63, 3.8) is 0 Å². The van der Waals surface area contributed by atoms with Crippen molar-refractivity contribution in [3.8, 4) is 0 Å². The van der Waals surface area contributed by atoms with Crippen molar-refractivity contribution in [1.29, 1.82) is 0 Å². The monoisotopic (exact) mass is 1220 g/mol. The Bertz CT molecular complexity index is 1600. The van der Waals surface area contributed by atoms with E-state index in [9.17, 15) is 24.0 Å². The van der Waals surface area contributed by atoms with E-state index in [1.165, 1.54) is 64.2 Å². The molecule has 0 heterocycles. The first-order valence-electron chi connectivity index (χ1n) is 36.3. The molecule has 3 unspecified atom stereocenters. The Morgan fingerprint density at radius 3 is 1.35 bits per heavy atom. The molecule has 13 heteroatoms. The summed E-state index contributed by atoms with van der Waals surface area (Å²) in [6.45, 7) is 22.8. The van der Waals surface area contributed by atoms with Crippen LogP contribution in [0.5, 0.6) is 0 Å². The summed E-state index contributed by atoms with van der Waals surface area (Å²) in [6, 6.07) is -0.651. The zero-order chi connectivity index (χ0) is 63.2. The predicted octanol–water partition coefficient (Wildman–Crippen LogP) is 18.5. The van der Waals surface area contributed by atoms with Gasteiger partial charge >= 0.3 is 17.9 Å². The molecule has 0 spiro atoms. The summed E-state index contributed by atoms with van der Waals surface area (Å²) in [6.07, 6.45) is 48.0. The number of nitrogens with one attached hydrogen (secondary N) is 1. The van der Waals surface area contributed by atoms with Crippen LogP contribution in [0.4, 0.5) is 0 Å². The van der Waals surface area contributed by atoms with Gasteiger partial charge in [-0.2, -0.15) is 0 Å². The average Bonchev–Trinajstić information content (AvgIpc) is 3.72. The van der Waals surface area contributed by atoms with E-state index in [2.05, 4.69) is 89.9 Å². The number of esters is 3. The van der Waals surface area contributed by atoms with Crippen LogP contribution in [0.25, 0.3) is 0 Å². The Morgan fingerprint density at radius 2 is 0.849 bits per heavy atom. The highest BCUT2D eigenvalue weighted by Crippen LogP contribution is 2.22. The largest absolute Gasteiger partial charge is 0.466 e. The summed E-state index contributed by atoms with van der Waals surface area (Å²) in [5.74, 6) is 0.216. The van der Waals surface area contributed by atoms with Crippen LogP contribution >= 0.6 is 0 Å². The maximum Gasteiger partial charge on any atom is 0.305 e. The second kappa shape index (κ2) is 63.3. The number of unbranched alkanes of at least 4 members (excludes halogenated alkanes) is 21. The minimum atomic E-state index is -0.651. The molecule has 2 amide bonds. The number of amides is 2. The van der Waals surface area contributed by atoms with E-state index in [1.807, 2.05) is 0 Å². The molecule has 1 N–H and O–H groups in total. The molecule has 0 bridgehead atoms. The van der Waals surface area contributed by atoms with Crippen LogP contribution in [-0.4, -0.2) is 118 Å². The molecule has 0 aliphatic rings. The smallest absolute Gasteiger partial charge is 0.305 e. The molecule has 504 valence electrons. The van der Waals surface area contributed by atoms with Gasteiger partial charge in [0.15, 0.2) is 6.29 Å². The molecule has 13 nitrogen and oxygen atoms in total. The second-order valence-corrected chi connectivity index (χ2v) is 24.5. The molecule has 0 saturated heterocycles. The van der Waals surface area contributed by atoms with Crippen LogP contribution in [0.2, 0.25) is 0 Å². The minimum absolute atomic E-state index is 0.0645. The lowest BCUT2D eigenvalue weighted by Gasteiger charge is -2.32. The Labute approximate surface area is 529 Å². The first-order chi connectivity index (χ1) is 42.0. The van der Waals surface area contributed by atoms with Gasteiger partial charge in [0.2, 0.25) is 11.8 Å². The molecule has 0 radical (unpaired) electrons. The Kier molecular flexibility index (Phi) is 60.9. The number of carbonyl (C=O) groups is 5. The normalized spacial score (nSPS) is 12.8. The third kappa shape index (κ3) is 51.6. The molecule has 0 aliphatic heterocycles. The highest BCUT2D eigenvalue weighted by atomic mass is 16.7. The van der Waals surface area contributed by atoms with Crippen molar-refractivity contribution >= 4 is 29.7 Å². The highest BCUT2D eigenvalue weighted by molar-refractivity contribution is 5.87. The maximum atomic E-state index is 14.4. The Morgan fingerprint density at radius 1 is 0.395 bits per heavy atom. The molecular formula is C73H137N3O10. The van der Waals surface area contributed by atoms with Gasteiger partial charge in [-0.25, -0.2) is 0 Å². The minimum Gasteiger partial charge on any atom is -0.466 e. The van der Waals surface area contributed by atoms with Crippen LogP contribution in [0.1, 0.15) is 325 Å². The first kappa shape index (κ1) is 82.7. The van der Waals surface area contributed by atoms with Crippen LogP contribution in [0.15, 0.2) is 24.3 Å². The number of ether oxygens (including phenoxy) is 5. The van der Waals surface area contributed by atoms with E-state index in [0.717, 1.165) is 174 Å². The first-order valence-corrected chi connectivity index (χ1v) is 36.3. The average molecular weight is 1220 g/mol. The Balaban J connectivity index is 5.77. The fourth-order valence-corrected chi connectivity index (χ4v) is 11.0. The van der Waals surface area contributed by atoms with E-state index in [1.54, 1.807) is 4.90 Å². The lowest BCUT2D eigenvalue weighted by molar-refractivity contribution is -0.159. The van der Waals surface area contributed by atoms with Crippen LogP contribution in [0, 0.1) is 11.8 Å². The summed E-state index contributed by atoms with van der Waals surface area (Å²) in [4.78, 5) is 71.4. The van der Waals surface area contributed by atoms with E-state index in [0.29, 0.717) is 96.4 Å². The van der Waals surface area contributed by atoms with Crippen molar-refractivity contribution in [2.24, 2.45) is 11.8 Å². The second-order valence-electron chi connectivity index (χ2n) is 24.5. The zero-order valence-corrected chi connectivity index (χ0v) is 57.4. The molecule has 0 saturated carbocycles.